The molecule has 0 aromatic heterocycles. The van der Waals surface area contributed by atoms with Crippen LogP contribution in [0.3, 0.4) is 0 Å². The van der Waals surface area contributed by atoms with E-state index in [2.05, 4.69) is 0 Å². The van der Waals surface area contributed by atoms with Crippen molar-refractivity contribution in [3.05, 3.63) is 12.2 Å². The molecule has 2 atom stereocenters. The number of hydrogen-bond donors (Lipinski definition) is 2. The van der Waals surface area contributed by atoms with E-state index >= 15 is 0 Å². The van der Waals surface area contributed by atoms with Crippen molar-refractivity contribution in [1.29, 1.82) is 0 Å². The zero-order valence-corrected chi connectivity index (χ0v) is 7.83. The first-order valence-electron chi connectivity index (χ1n) is 4.00. The summed E-state index contributed by atoms with van der Waals surface area (Å²) < 4.78 is 0. The predicted octanol–water partition coefficient (Wildman–Crippen LogP) is 1.30. The molecule has 0 fully saturated rings. The predicted molar refractivity (Wildman–Crippen MR) is 48.3 cm³/mol. The second-order valence-corrected chi connectivity index (χ2v) is 3.69. The summed E-state index contributed by atoms with van der Waals surface area (Å²) in [6.07, 6.45) is 3.85. The Labute approximate surface area is 69.1 Å². The number of rotatable bonds is 3. The van der Waals surface area contributed by atoms with Crippen LogP contribution in [0.5, 0.6) is 0 Å². The fourth-order valence-corrected chi connectivity index (χ4v) is 0.577. The van der Waals surface area contributed by atoms with Crippen molar-refractivity contribution in [2.75, 3.05) is 0 Å². The summed E-state index contributed by atoms with van der Waals surface area (Å²) in [7, 11) is 0. The van der Waals surface area contributed by atoms with E-state index in [9.17, 15) is 5.11 Å². The fourth-order valence-electron chi connectivity index (χ4n) is 0.577. The molecule has 0 aromatic carbocycles. The van der Waals surface area contributed by atoms with Crippen LogP contribution >= 0.6 is 0 Å². The molecule has 0 bridgehead atoms. The van der Waals surface area contributed by atoms with Gasteiger partial charge in [-0.3, -0.25) is 0 Å². The molecule has 0 radical (unpaired) electrons. The quantitative estimate of drug-likeness (QED) is 0.606. The van der Waals surface area contributed by atoms with Gasteiger partial charge in [0.25, 0.3) is 0 Å². The Hall–Kier alpha value is -0.340. The minimum Gasteiger partial charge on any atom is -0.390 e. The topological polar surface area (TPSA) is 46.2 Å². The second kappa shape index (κ2) is 3.88. The Morgan fingerprint density at radius 3 is 2.00 bits per heavy atom. The summed E-state index contributed by atoms with van der Waals surface area (Å²) in [6.45, 7) is 7.47. The van der Waals surface area contributed by atoms with E-state index in [4.69, 9.17) is 5.73 Å². The molecule has 66 valence electrons. The lowest BCUT2D eigenvalue weighted by Gasteiger charge is -2.22. The van der Waals surface area contributed by atoms with E-state index in [1.165, 1.54) is 0 Å². The highest BCUT2D eigenvalue weighted by Crippen LogP contribution is 2.16. The van der Waals surface area contributed by atoms with Gasteiger partial charge in [-0.15, -0.1) is 0 Å². The minimum absolute atomic E-state index is 0.0693. The Morgan fingerprint density at radius 2 is 1.73 bits per heavy atom. The van der Waals surface area contributed by atoms with Crippen LogP contribution in [-0.2, 0) is 0 Å². The number of hydrogen-bond acceptors (Lipinski definition) is 2. The first kappa shape index (κ1) is 10.7. The zero-order chi connectivity index (χ0) is 9.07. The van der Waals surface area contributed by atoms with Gasteiger partial charge in [-0.05, 0) is 20.8 Å². The maximum absolute atomic E-state index is 9.51. The summed E-state index contributed by atoms with van der Waals surface area (Å²) in [6, 6.07) is 0.0693. The van der Waals surface area contributed by atoms with Crippen molar-refractivity contribution in [3.63, 3.8) is 0 Å². The molecule has 3 N–H and O–H groups in total. The van der Waals surface area contributed by atoms with Gasteiger partial charge in [0.05, 0.1) is 5.60 Å². The number of aliphatic hydroxyl groups is 1. The third-order valence-corrected chi connectivity index (χ3v) is 1.82. The van der Waals surface area contributed by atoms with Gasteiger partial charge in [-0.2, -0.15) is 0 Å². The van der Waals surface area contributed by atoms with Crippen molar-refractivity contribution in [3.8, 4) is 0 Å². The first-order chi connectivity index (χ1) is 4.84. The van der Waals surface area contributed by atoms with Gasteiger partial charge < -0.3 is 10.8 Å². The fraction of sp³-hybridized carbons (Fsp3) is 0.778. The number of nitrogens with two attached hydrogens (primary N) is 1. The highest BCUT2D eigenvalue weighted by molar-refractivity contribution is 4.97. The maximum Gasteiger partial charge on any atom is 0.0651 e. The van der Waals surface area contributed by atoms with Crippen LogP contribution in [0.25, 0.3) is 0 Å². The van der Waals surface area contributed by atoms with Crippen molar-refractivity contribution in [1.82, 2.24) is 0 Å². The molecular weight excluding hydrogens is 138 g/mol. The molecule has 0 unspecified atom stereocenters. The van der Waals surface area contributed by atoms with Crippen LogP contribution in [0.1, 0.15) is 27.7 Å². The van der Waals surface area contributed by atoms with Gasteiger partial charge in [-0.25, -0.2) is 0 Å². The Bertz CT molecular complexity index is 133. The molecule has 11 heavy (non-hydrogen) atoms. The summed E-state index contributed by atoms with van der Waals surface area (Å²) in [5.74, 6) is 0.147. The Balaban J connectivity index is 3.97. The zero-order valence-electron chi connectivity index (χ0n) is 7.83. The average Bonchev–Trinajstić information content (AvgIpc) is 1.80. The van der Waals surface area contributed by atoms with Crippen LogP contribution < -0.4 is 5.73 Å². The van der Waals surface area contributed by atoms with E-state index in [1.54, 1.807) is 13.8 Å². The first-order valence-corrected chi connectivity index (χ1v) is 4.00. The molecule has 0 spiro atoms. The van der Waals surface area contributed by atoms with Crippen molar-refractivity contribution in [2.24, 2.45) is 11.7 Å². The van der Waals surface area contributed by atoms with E-state index < -0.39 is 5.60 Å². The summed E-state index contributed by atoms with van der Waals surface area (Å²) in [5.41, 5.74) is 4.87. The van der Waals surface area contributed by atoms with E-state index in [-0.39, 0.29) is 12.0 Å². The SMILES string of the molecule is C[C@H](/C=C/[C@@H](C)N)C(C)(C)O. The highest BCUT2D eigenvalue weighted by Gasteiger charge is 2.19. The largest absolute Gasteiger partial charge is 0.390 e. The lowest BCUT2D eigenvalue weighted by atomic mass is 9.92. The van der Waals surface area contributed by atoms with E-state index in [1.807, 2.05) is 26.0 Å². The molecule has 0 aliphatic carbocycles. The molecule has 0 saturated heterocycles. The average molecular weight is 157 g/mol. The lowest BCUT2D eigenvalue weighted by Crippen LogP contribution is -2.27. The maximum atomic E-state index is 9.51. The minimum atomic E-state index is -0.647. The molecule has 0 aliphatic rings. The van der Waals surface area contributed by atoms with Crippen molar-refractivity contribution < 1.29 is 5.11 Å². The molecule has 0 aliphatic heterocycles. The van der Waals surface area contributed by atoms with Gasteiger partial charge in [0.2, 0.25) is 0 Å². The van der Waals surface area contributed by atoms with Crippen LogP contribution in [0, 0.1) is 5.92 Å². The molecule has 0 saturated carbocycles. The molecule has 0 heterocycles. The standard InChI is InChI=1S/C9H19NO/c1-7(9(3,4)11)5-6-8(2)10/h5-8,11H,10H2,1-4H3/b6-5+/t7-,8-/m1/s1. The van der Waals surface area contributed by atoms with Gasteiger partial charge in [0, 0.05) is 12.0 Å². The van der Waals surface area contributed by atoms with Gasteiger partial charge in [0.1, 0.15) is 0 Å². The van der Waals surface area contributed by atoms with E-state index in [0.29, 0.717) is 0 Å². The summed E-state index contributed by atoms with van der Waals surface area (Å²) in [4.78, 5) is 0. The van der Waals surface area contributed by atoms with Crippen LogP contribution in [-0.4, -0.2) is 16.7 Å². The van der Waals surface area contributed by atoms with Gasteiger partial charge in [0.15, 0.2) is 0 Å². The normalized spacial score (nSPS) is 18.7. The van der Waals surface area contributed by atoms with Crippen molar-refractivity contribution >= 4 is 0 Å². The molecule has 0 aromatic rings. The Morgan fingerprint density at radius 1 is 1.27 bits per heavy atom. The van der Waals surface area contributed by atoms with Crippen LogP contribution in [0.2, 0.25) is 0 Å². The van der Waals surface area contributed by atoms with E-state index in [0.717, 1.165) is 0 Å². The van der Waals surface area contributed by atoms with Gasteiger partial charge >= 0.3 is 0 Å². The molecule has 2 nitrogen and oxygen atoms in total. The third kappa shape index (κ3) is 4.99. The highest BCUT2D eigenvalue weighted by atomic mass is 16.3. The molecule has 0 amide bonds. The third-order valence-electron chi connectivity index (χ3n) is 1.82. The van der Waals surface area contributed by atoms with Gasteiger partial charge in [-0.1, -0.05) is 19.1 Å². The monoisotopic (exact) mass is 157 g/mol. The molecule has 2 heteroatoms. The summed E-state index contributed by atoms with van der Waals surface area (Å²) >= 11 is 0. The molecule has 0 rings (SSSR count). The smallest absolute Gasteiger partial charge is 0.0651 e. The van der Waals surface area contributed by atoms with Crippen LogP contribution in [0.15, 0.2) is 12.2 Å². The Kier molecular flexibility index (Phi) is 3.76. The van der Waals surface area contributed by atoms with Crippen LogP contribution in [0.4, 0.5) is 0 Å². The second-order valence-electron chi connectivity index (χ2n) is 3.69. The molecular formula is C9H19NO. The summed E-state index contributed by atoms with van der Waals surface area (Å²) in [5, 5.41) is 9.51. The van der Waals surface area contributed by atoms with Crippen molar-refractivity contribution in [2.45, 2.75) is 39.3 Å². The lowest BCUT2D eigenvalue weighted by molar-refractivity contribution is 0.0440.